The maximum absolute atomic E-state index is 11.5. The van der Waals surface area contributed by atoms with E-state index >= 15 is 0 Å². The fraction of sp³-hybridized carbons (Fsp3) is 0.462. The Labute approximate surface area is 101 Å². The van der Waals surface area contributed by atoms with Crippen LogP contribution in [-0.2, 0) is 11.2 Å². The molecule has 5 N–H and O–H groups in total. The Bertz CT molecular complexity index is 429. The molecule has 0 amide bonds. The van der Waals surface area contributed by atoms with Crippen molar-refractivity contribution in [1.82, 2.24) is 0 Å². The molecule has 4 heteroatoms. The second-order valence-corrected chi connectivity index (χ2v) is 4.86. The van der Waals surface area contributed by atoms with Gasteiger partial charge in [0.1, 0.15) is 0 Å². The highest BCUT2D eigenvalue weighted by atomic mass is 16.4. The summed E-state index contributed by atoms with van der Waals surface area (Å²) in [7, 11) is 0. The van der Waals surface area contributed by atoms with Crippen LogP contribution in [0, 0.1) is 11.3 Å². The average Bonchev–Trinajstić information content (AvgIpc) is 3.09. The molecule has 92 valence electrons. The Kier molecular flexibility index (Phi) is 3.07. The first kappa shape index (κ1) is 11.9. The fourth-order valence-corrected chi connectivity index (χ4v) is 2.42. The first-order valence-electron chi connectivity index (χ1n) is 5.86. The quantitative estimate of drug-likeness (QED) is 0.669. The first-order valence-corrected chi connectivity index (χ1v) is 5.86. The summed E-state index contributed by atoms with van der Waals surface area (Å²) in [6.07, 6.45) is 2.40. The number of benzene rings is 1. The lowest BCUT2D eigenvalue weighted by atomic mass is 9.77. The third-order valence-electron chi connectivity index (χ3n) is 3.62. The highest BCUT2D eigenvalue weighted by molar-refractivity contribution is 5.76. The molecule has 1 aliphatic carbocycles. The van der Waals surface area contributed by atoms with Crippen LogP contribution in [0.25, 0.3) is 0 Å². The number of nitrogens with two attached hydrogens (primary N) is 2. The summed E-state index contributed by atoms with van der Waals surface area (Å²) < 4.78 is 0. The van der Waals surface area contributed by atoms with Crippen molar-refractivity contribution in [3.8, 4) is 0 Å². The molecule has 0 heterocycles. The third-order valence-corrected chi connectivity index (χ3v) is 3.62. The van der Waals surface area contributed by atoms with E-state index in [1.165, 1.54) is 0 Å². The average molecular weight is 234 g/mol. The van der Waals surface area contributed by atoms with Gasteiger partial charge >= 0.3 is 5.97 Å². The molecule has 1 aromatic carbocycles. The summed E-state index contributed by atoms with van der Waals surface area (Å²) >= 11 is 0. The van der Waals surface area contributed by atoms with E-state index in [1.807, 2.05) is 18.2 Å². The van der Waals surface area contributed by atoms with E-state index in [0.29, 0.717) is 12.1 Å². The molecule has 0 bridgehead atoms. The van der Waals surface area contributed by atoms with Gasteiger partial charge in [0.25, 0.3) is 0 Å². The molecule has 0 saturated heterocycles. The van der Waals surface area contributed by atoms with Crippen LogP contribution in [0.1, 0.15) is 18.4 Å². The SMILES string of the molecule is NCC(Cc1cccc(N)c1)(C(=O)O)C1CC1. The van der Waals surface area contributed by atoms with Crippen LogP contribution in [0.4, 0.5) is 5.69 Å². The van der Waals surface area contributed by atoms with Crippen LogP contribution in [0.2, 0.25) is 0 Å². The zero-order valence-corrected chi connectivity index (χ0v) is 9.73. The smallest absolute Gasteiger partial charge is 0.311 e. The van der Waals surface area contributed by atoms with E-state index < -0.39 is 11.4 Å². The van der Waals surface area contributed by atoms with Gasteiger partial charge in [-0.05, 0) is 42.9 Å². The second kappa shape index (κ2) is 4.37. The first-order chi connectivity index (χ1) is 8.08. The number of nitrogen functional groups attached to an aromatic ring is 1. The van der Waals surface area contributed by atoms with Gasteiger partial charge in [-0.15, -0.1) is 0 Å². The molecule has 1 unspecified atom stereocenters. The van der Waals surface area contributed by atoms with Gasteiger partial charge in [0, 0.05) is 12.2 Å². The van der Waals surface area contributed by atoms with Crippen LogP contribution in [-0.4, -0.2) is 17.6 Å². The topological polar surface area (TPSA) is 89.3 Å². The summed E-state index contributed by atoms with van der Waals surface area (Å²) in [5, 5.41) is 9.45. The minimum atomic E-state index is -0.812. The van der Waals surface area contributed by atoms with E-state index in [9.17, 15) is 9.90 Å². The molecule has 4 nitrogen and oxygen atoms in total. The van der Waals surface area contributed by atoms with Crippen molar-refractivity contribution in [2.24, 2.45) is 17.1 Å². The van der Waals surface area contributed by atoms with Crippen molar-refractivity contribution in [3.05, 3.63) is 29.8 Å². The molecule has 0 aromatic heterocycles. The maximum atomic E-state index is 11.5. The molecular formula is C13H18N2O2. The molecule has 1 aromatic rings. The predicted molar refractivity (Wildman–Crippen MR) is 66.4 cm³/mol. The van der Waals surface area contributed by atoms with Crippen LogP contribution in [0.5, 0.6) is 0 Å². The number of anilines is 1. The fourth-order valence-electron chi connectivity index (χ4n) is 2.42. The number of rotatable bonds is 5. The van der Waals surface area contributed by atoms with Gasteiger partial charge in [0.2, 0.25) is 0 Å². The van der Waals surface area contributed by atoms with Crippen molar-refractivity contribution in [1.29, 1.82) is 0 Å². The highest BCUT2D eigenvalue weighted by Gasteiger charge is 2.50. The summed E-state index contributed by atoms with van der Waals surface area (Å²) in [5.74, 6) is -0.573. The van der Waals surface area contributed by atoms with Crippen molar-refractivity contribution in [2.75, 3.05) is 12.3 Å². The third kappa shape index (κ3) is 2.26. The van der Waals surface area contributed by atoms with Gasteiger partial charge in [0.05, 0.1) is 5.41 Å². The zero-order chi connectivity index (χ0) is 12.5. The lowest BCUT2D eigenvalue weighted by Gasteiger charge is -2.28. The van der Waals surface area contributed by atoms with Crippen LogP contribution < -0.4 is 11.5 Å². The highest BCUT2D eigenvalue weighted by Crippen LogP contribution is 2.47. The van der Waals surface area contributed by atoms with Crippen molar-refractivity contribution < 1.29 is 9.90 Å². The Hall–Kier alpha value is -1.55. The number of aliphatic carboxylic acids is 1. The summed E-state index contributed by atoms with van der Waals surface area (Å²) in [6, 6.07) is 7.38. The molecule has 0 radical (unpaired) electrons. The normalized spacial score (nSPS) is 18.6. The Morgan fingerprint density at radius 1 is 1.47 bits per heavy atom. The van der Waals surface area contributed by atoms with Crippen LogP contribution >= 0.6 is 0 Å². The molecular weight excluding hydrogens is 216 g/mol. The van der Waals surface area contributed by atoms with E-state index in [-0.39, 0.29) is 12.5 Å². The predicted octanol–water partition coefficient (Wildman–Crippen LogP) is 1.25. The van der Waals surface area contributed by atoms with Gasteiger partial charge in [-0.2, -0.15) is 0 Å². The standard InChI is InChI=1S/C13H18N2O2/c14-8-13(12(16)17,10-4-5-10)7-9-2-1-3-11(15)6-9/h1-3,6,10H,4-5,7-8,14-15H2,(H,16,17). The summed E-state index contributed by atoms with van der Waals surface area (Å²) in [4.78, 5) is 11.5. The molecule has 1 saturated carbocycles. The number of carboxylic acid groups (broad SMARTS) is 1. The molecule has 17 heavy (non-hydrogen) atoms. The number of hydrogen-bond acceptors (Lipinski definition) is 3. The molecule has 2 rings (SSSR count). The molecule has 1 aliphatic rings. The minimum absolute atomic E-state index is 0.182. The lowest BCUT2D eigenvalue weighted by Crippen LogP contribution is -2.42. The molecule has 0 aliphatic heterocycles. The number of carboxylic acids is 1. The molecule has 1 fully saturated rings. The van der Waals surface area contributed by atoms with Crippen molar-refractivity contribution in [2.45, 2.75) is 19.3 Å². The zero-order valence-electron chi connectivity index (χ0n) is 9.73. The Morgan fingerprint density at radius 3 is 2.65 bits per heavy atom. The minimum Gasteiger partial charge on any atom is -0.481 e. The van der Waals surface area contributed by atoms with Crippen molar-refractivity contribution >= 4 is 11.7 Å². The van der Waals surface area contributed by atoms with Crippen LogP contribution in [0.3, 0.4) is 0 Å². The van der Waals surface area contributed by atoms with E-state index in [0.717, 1.165) is 18.4 Å². The van der Waals surface area contributed by atoms with Gasteiger partial charge in [-0.3, -0.25) is 4.79 Å². The largest absolute Gasteiger partial charge is 0.481 e. The Balaban J connectivity index is 2.26. The maximum Gasteiger partial charge on any atom is 0.311 e. The van der Waals surface area contributed by atoms with Crippen LogP contribution in [0.15, 0.2) is 24.3 Å². The van der Waals surface area contributed by atoms with E-state index in [2.05, 4.69) is 0 Å². The monoisotopic (exact) mass is 234 g/mol. The van der Waals surface area contributed by atoms with E-state index in [1.54, 1.807) is 6.07 Å². The molecule has 1 atom stereocenters. The van der Waals surface area contributed by atoms with Gasteiger partial charge in [-0.1, -0.05) is 12.1 Å². The van der Waals surface area contributed by atoms with Gasteiger partial charge in [-0.25, -0.2) is 0 Å². The number of carbonyl (C=O) groups is 1. The van der Waals surface area contributed by atoms with Gasteiger partial charge < -0.3 is 16.6 Å². The van der Waals surface area contributed by atoms with Gasteiger partial charge in [0.15, 0.2) is 0 Å². The Morgan fingerprint density at radius 2 is 2.18 bits per heavy atom. The number of hydrogen-bond donors (Lipinski definition) is 3. The summed E-state index contributed by atoms with van der Waals surface area (Å²) in [6.45, 7) is 0.182. The van der Waals surface area contributed by atoms with Crippen molar-refractivity contribution in [3.63, 3.8) is 0 Å². The van der Waals surface area contributed by atoms with E-state index in [4.69, 9.17) is 11.5 Å². The molecule has 0 spiro atoms. The lowest BCUT2D eigenvalue weighted by molar-refractivity contribution is -0.149. The summed E-state index contributed by atoms with van der Waals surface area (Å²) in [5.41, 5.74) is 12.2. The second-order valence-electron chi connectivity index (χ2n) is 4.86.